The molecule has 4 heteroatoms. The van der Waals surface area contributed by atoms with Gasteiger partial charge in [-0.2, -0.15) is 0 Å². The SMILES string of the molecule is CCC(N)CC(=O)N(Cc1ccc(F)cc1)C1CC1. The Hall–Kier alpha value is -1.42. The summed E-state index contributed by atoms with van der Waals surface area (Å²) < 4.78 is 12.9. The molecule has 19 heavy (non-hydrogen) atoms. The topological polar surface area (TPSA) is 46.3 Å². The minimum atomic E-state index is -0.249. The van der Waals surface area contributed by atoms with Gasteiger partial charge in [0.2, 0.25) is 5.91 Å². The number of carbonyl (C=O) groups excluding carboxylic acids is 1. The summed E-state index contributed by atoms with van der Waals surface area (Å²) in [6.45, 7) is 2.54. The van der Waals surface area contributed by atoms with Gasteiger partial charge >= 0.3 is 0 Å². The lowest BCUT2D eigenvalue weighted by atomic mass is 10.1. The Bertz CT molecular complexity index is 428. The zero-order valence-electron chi connectivity index (χ0n) is 11.3. The molecule has 0 heterocycles. The van der Waals surface area contributed by atoms with Crippen LogP contribution in [0.2, 0.25) is 0 Å². The van der Waals surface area contributed by atoms with Gasteiger partial charge in [-0.1, -0.05) is 19.1 Å². The van der Waals surface area contributed by atoms with Crippen LogP contribution in [0.4, 0.5) is 4.39 Å². The Morgan fingerprint density at radius 1 is 1.42 bits per heavy atom. The fourth-order valence-electron chi connectivity index (χ4n) is 2.08. The second-order valence-electron chi connectivity index (χ2n) is 5.25. The highest BCUT2D eigenvalue weighted by Crippen LogP contribution is 2.29. The molecule has 1 amide bonds. The van der Waals surface area contributed by atoms with Gasteiger partial charge < -0.3 is 10.6 Å². The van der Waals surface area contributed by atoms with Gasteiger partial charge in [-0.3, -0.25) is 4.79 Å². The zero-order valence-corrected chi connectivity index (χ0v) is 11.3. The summed E-state index contributed by atoms with van der Waals surface area (Å²) in [5.41, 5.74) is 6.81. The Kier molecular flexibility index (Phi) is 4.53. The molecule has 3 nitrogen and oxygen atoms in total. The molecule has 1 aliphatic rings. The van der Waals surface area contributed by atoms with Gasteiger partial charge in [0.15, 0.2) is 0 Å². The predicted molar refractivity (Wildman–Crippen MR) is 72.9 cm³/mol. The molecule has 1 atom stereocenters. The highest BCUT2D eigenvalue weighted by atomic mass is 19.1. The van der Waals surface area contributed by atoms with Crippen molar-refractivity contribution in [2.45, 2.75) is 51.2 Å². The molecular formula is C15H21FN2O. The highest BCUT2D eigenvalue weighted by Gasteiger charge is 2.32. The number of halogens is 1. The van der Waals surface area contributed by atoms with E-state index in [2.05, 4.69) is 0 Å². The Balaban J connectivity index is 2.00. The van der Waals surface area contributed by atoms with Crippen LogP contribution in [-0.2, 0) is 11.3 Å². The number of hydrogen-bond donors (Lipinski definition) is 1. The van der Waals surface area contributed by atoms with Gasteiger partial charge in [-0.25, -0.2) is 4.39 Å². The van der Waals surface area contributed by atoms with Gasteiger partial charge in [0.05, 0.1) is 0 Å². The summed E-state index contributed by atoms with van der Waals surface area (Å²) in [6, 6.07) is 6.62. The van der Waals surface area contributed by atoms with Gasteiger partial charge in [0.1, 0.15) is 5.82 Å². The van der Waals surface area contributed by atoms with Crippen LogP contribution < -0.4 is 5.73 Å². The van der Waals surface area contributed by atoms with E-state index in [0.717, 1.165) is 24.8 Å². The molecule has 1 aromatic rings. The van der Waals surface area contributed by atoms with Gasteiger partial charge in [0.25, 0.3) is 0 Å². The Morgan fingerprint density at radius 2 is 2.05 bits per heavy atom. The van der Waals surface area contributed by atoms with Crippen molar-refractivity contribution < 1.29 is 9.18 Å². The molecule has 0 spiro atoms. The van der Waals surface area contributed by atoms with E-state index in [9.17, 15) is 9.18 Å². The van der Waals surface area contributed by atoms with E-state index in [1.807, 2.05) is 11.8 Å². The normalized spacial score (nSPS) is 16.2. The van der Waals surface area contributed by atoms with Gasteiger partial charge in [-0.15, -0.1) is 0 Å². The van der Waals surface area contributed by atoms with E-state index in [4.69, 9.17) is 5.73 Å². The van der Waals surface area contributed by atoms with Crippen LogP contribution in [0.25, 0.3) is 0 Å². The minimum absolute atomic E-state index is 0.0676. The smallest absolute Gasteiger partial charge is 0.224 e. The Morgan fingerprint density at radius 3 is 2.58 bits per heavy atom. The minimum Gasteiger partial charge on any atom is -0.335 e. The molecule has 1 aromatic carbocycles. The lowest BCUT2D eigenvalue weighted by Gasteiger charge is -2.24. The molecule has 0 saturated heterocycles. The summed E-state index contributed by atoms with van der Waals surface area (Å²) in [5.74, 6) is -0.137. The van der Waals surface area contributed by atoms with E-state index < -0.39 is 0 Å². The van der Waals surface area contributed by atoms with E-state index in [0.29, 0.717) is 19.0 Å². The summed E-state index contributed by atoms with van der Waals surface area (Å²) in [4.78, 5) is 14.1. The standard InChI is InChI=1S/C15H21FN2O/c1-2-13(17)9-15(19)18(14-7-8-14)10-11-3-5-12(16)6-4-11/h3-6,13-14H,2,7-10,17H2,1H3. The quantitative estimate of drug-likeness (QED) is 0.857. The average Bonchev–Trinajstić information content (AvgIpc) is 3.22. The van der Waals surface area contributed by atoms with Crippen LogP contribution in [0, 0.1) is 5.82 Å². The molecule has 1 saturated carbocycles. The van der Waals surface area contributed by atoms with Crippen molar-refractivity contribution >= 4 is 5.91 Å². The van der Waals surface area contributed by atoms with Crippen molar-refractivity contribution in [3.63, 3.8) is 0 Å². The number of carbonyl (C=O) groups is 1. The molecular weight excluding hydrogens is 243 g/mol. The lowest BCUT2D eigenvalue weighted by Crippen LogP contribution is -2.36. The van der Waals surface area contributed by atoms with Crippen LogP contribution >= 0.6 is 0 Å². The largest absolute Gasteiger partial charge is 0.335 e. The first-order valence-corrected chi connectivity index (χ1v) is 6.89. The van der Waals surface area contributed by atoms with E-state index in [-0.39, 0.29) is 17.8 Å². The molecule has 0 radical (unpaired) electrons. The van der Waals surface area contributed by atoms with Crippen molar-refractivity contribution in [2.75, 3.05) is 0 Å². The zero-order chi connectivity index (χ0) is 13.8. The van der Waals surface area contributed by atoms with Gasteiger partial charge in [-0.05, 0) is 37.0 Å². The van der Waals surface area contributed by atoms with Crippen LogP contribution in [0.1, 0.15) is 38.2 Å². The molecule has 104 valence electrons. The molecule has 0 aliphatic heterocycles. The van der Waals surface area contributed by atoms with Crippen LogP contribution in [0.15, 0.2) is 24.3 Å². The van der Waals surface area contributed by atoms with Crippen molar-refractivity contribution in [3.05, 3.63) is 35.6 Å². The summed E-state index contributed by atoms with van der Waals surface area (Å²) >= 11 is 0. The van der Waals surface area contributed by atoms with E-state index in [1.54, 1.807) is 12.1 Å². The third-order valence-electron chi connectivity index (χ3n) is 3.54. The Labute approximate surface area is 113 Å². The number of amides is 1. The molecule has 0 aromatic heterocycles. The first-order chi connectivity index (χ1) is 9.10. The third kappa shape index (κ3) is 4.03. The molecule has 2 rings (SSSR count). The van der Waals surface area contributed by atoms with E-state index in [1.165, 1.54) is 12.1 Å². The maximum absolute atomic E-state index is 12.9. The molecule has 1 aliphatic carbocycles. The average molecular weight is 264 g/mol. The van der Waals surface area contributed by atoms with Crippen molar-refractivity contribution in [3.8, 4) is 0 Å². The maximum atomic E-state index is 12.9. The van der Waals surface area contributed by atoms with E-state index >= 15 is 0 Å². The summed E-state index contributed by atoms with van der Waals surface area (Å²) in [5, 5.41) is 0. The molecule has 1 fully saturated rings. The maximum Gasteiger partial charge on any atom is 0.224 e. The number of nitrogens with two attached hydrogens (primary N) is 1. The van der Waals surface area contributed by atoms with Crippen molar-refractivity contribution in [1.82, 2.24) is 4.90 Å². The van der Waals surface area contributed by atoms with Crippen LogP contribution in [0.3, 0.4) is 0 Å². The number of rotatable bonds is 6. The first kappa shape index (κ1) is 14.0. The fraction of sp³-hybridized carbons (Fsp3) is 0.533. The summed E-state index contributed by atoms with van der Waals surface area (Å²) in [7, 11) is 0. The van der Waals surface area contributed by atoms with Crippen molar-refractivity contribution in [1.29, 1.82) is 0 Å². The summed E-state index contributed by atoms with van der Waals surface area (Å²) in [6.07, 6.45) is 3.33. The molecule has 1 unspecified atom stereocenters. The second-order valence-corrected chi connectivity index (χ2v) is 5.25. The number of hydrogen-bond acceptors (Lipinski definition) is 2. The number of benzene rings is 1. The first-order valence-electron chi connectivity index (χ1n) is 6.89. The van der Waals surface area contributed by atoms with Crippen LogP contribution in [0.5, 0.6) is 0 Å². The predicted octanol–water partition coefficient (Wildman–Crippen LogP) is 2.44. The molecule has 2 N–H and O–H groups in total. The highest BCUT2D eigenvalue weighted by molar-refractivity contribution is 5.77. The lowest BCUT2D eigenvalue weighted by molar-refractivity contribution is -0.132. The second kappa shape index (κ2) is 6.15. The monoisotopic (exact) mass is 264 g/mol. The van der Waals surface area contributed by atoms with Gasteiger partial charge in [0, 0.05) is 25.0 Å². The van der Waals surface area contributed by atoms with Crippen LogP contribution in [-0.4, -0.2) is 22.9 Å². The third-order valence-corrected chi connectivity index (χ3v) is 3.54. The number of nitrogens with zero attached hydrogens (tertiary/aromatic N) is 1. The fourth-order valence-corrected chi connectivity index (χ4v) is 2.08. The molecule has 0 bridgehead atoms. The van der Waals surface area contributed by atoms with Crippen molar-refractivity contribution in [2.24, 2.45) is 5.73 Å².